The van der Waals surface area contributed by atoms with Crippen molar-refractivity contribution >= 4 is 23.4 Å². The van der Waals surface area contributed by atoms with Gasteiger partial charge in [-0.2, -0.15) is 0 Å². The first-order valence-corrected chi connectivity index (χ1v) is 24.4. The van der Waals surface area contributed by atoms with Gasteiger partial charge < -0.3 is 43.7 Å². The summed E-state index contributed by atoms with van der Waals surface area (Å²) in [6.45, 7) is 14.0. The van der Waals surface area contributed by atoms with Crippen molar-refractivity contribution in [2.24, 2.45) is 29.6 Å². The number of fused-ring (bicyclic) bond motifs is 3. The molecule has 13 atom stereocenters. The zero-order chi connectivity index (χ0) is 47.3. The van der Waals surface area contributed by atoms with Gasteiger partial charge in [-0.25, -0.2) is 4.79 Å². The molecule has 13 unspecified atom stereocenters. The van der Waals surface area contributed by atoms with Crippen LogP contribution < -0.4 is 5.32 Å². The molecule has 2 bridgehead atoms. The number of esters is 1. The fraction of sp³-hybridized carbons (Fsp3) is 0.731. The Kier molecular flexibility index (Phi) is 20.4. The van der Waals surface area contributed by atoms with E-state index in [1.807, 2.05) is 45.9 Å². The molecule has 13 heteroatoms. The minimum absolute atomic E-state index is 0.0425. The lowest BCUT2D eigenvalue weighted by molar-refractivity contribution is -0.302. The lowest BCUT2D eigenvalue weighted by atomic mass is 9.82. The van der Waals surface area contributed by atoms with Gasteiger partial charge in [0.25, 0.3) is 11.7 Å². The van der Waals surface area contributed by atoms with Gasteiger partial charge in [-0.05, 0) is 113 Å². The van der Waals surface area contributed by atoms with Crippen LogP contribution >= 0.6 is 0 Å². The Morgan fingerprint density at radius 3 is 2.31 bits per heavy atom. The molecule has 1 aromatic rings. The third kappa shape index (κ3) is 13.9. The molecular formula is C52H80N2O11. The molecule has 1 saturated carbocycles. The van der Waals surface area contributed by atoms with Crippen LogP contribution in [0, 0.1) is 29.6 Å². The summed E-state index contributed by atoms with van der Waals surface area (Å²) >= 11 is 0. The number of aliphatic hydroxyl groups is 1. The van der Waals surface area contributed by atoms with Crippen LogP contribution in [0.1, 0.15) is 124 Å². The number of rotatable bonds is 12. The molecule has 0 spiro atoms. The van der Waals surface area contributed by atoms with E-state index in [2.05, 4.69) is 36.5 Å². The molecule has 65 heavy (non-hydrogen) atoms. The van der Waals surface area contributed by atoms with E-state index in [9.17, 15) is 24.3 Å². The number of cyclic esters (lactones) is 1. The predicted octanol–water partition coefficient (Wildman–Crippen LogP) is 7.32. The Morgan fingerprint density at radius 2 is 1.62 bits per heavy atom. The van der Waals surface area contributed by atoms with E-state index >= 15 is 0 Å². The van der Waals surface area contributed by atoms with E-state index < -0.39 is 59.8 Å². The Morgan fingerprint density at radius 1 is 0.908 bits per heavy atom. The van der Waals surface area contributed by atoms with Crippen LogP contribution in [0.5, 0.6) is 0 Å². The van der Waals surface area contributed by atoms with Crippen LogP contribution in [0.4, 0.5) is 0 Å². The maximum atomic E-state index is 14.5. The number of ether oxygens (including phenoxy) is 6. The highest BCUT2D eigenvalue weighted by Crippen LogP contribution is 2.39. The number of nitrogens with zero attached hydrogens (tertiary/aromatic N) is 1. The zero-order valence-corrected chi connectivity index (χ0v) is 40.8. The molecule has 1 amide bonds. The smallest absolute Gasteiger partial charge is 0.329 e. The number of hydrogen-bond donors (Lipinski definition) is 2. The molecular weight excluding hydrogens is 829 g/mol. The molecule has 3 aliphatic heterocycles. The normalized spacial score (nSPS) is 36.2. The van der Waals surface area contributed by atoms with Crippen LogP contribution in [-0.2, 0) is 54.1 Å². The quantitative estimate of drug-likeness (QED) is 0.0934. The Bertz CT molecular complexity index is 1770. The maximum Gasteiger partial charge on any atom is 0.329 e. The van der Waals surface area contributed by atoms with Gasteiger partial charge in [0.1, 0.15) is 24.0 Å². The monoisotopic (exact) mass is 909 g/mol. The van der Waals surface area contributed by atoms with Gasteiger partial charge in [-0.3, -0.25) is 14.4 Å². The first kappa shape index (κ1) is 52.7. The molecule has 3 fully saturated rings. The number of amides is 1. The number of carbonyl (C=O) groups is 4. The van der Waals surface area contributed by atoms with Crippen LogP contribution in [0.3, 0.4) is 0 Å². The third-order valence-electron chi connectivity index (χ3n) is 14.5. The first-order chi connectivity index (χ1) is 31.1. The lowest BCUT2D eigenvalue weighted by Gasteiger charge is -2.47. The number of nitrogens with one attached hydrogen (secondary N) is 1. The highest BCUT2D eigenvalue weighted by Gasteiger charge is 2.56. The average Bonchev–Trinajstić information content (AvgIpc) is 3.31. The summed E-state index contributed by atoms with van der Waals surface area (Å²) in [5.74, 6) is -6.09. The van der Waals surface area contributed by atoms with E-state index in [1.54, 1.807) is 28.3 Å². The number of methoxy groups -OCH3 is 3. The summed E-state index contributed by atoms with van der Waals surface area (Å²) in [7, 11) is 4.84. The standard InChI is InChI=1S/C52H80N2O11/c1-10-40-27-33(2)26-34(3)28-45(61-8)48-46(62-9)30-37(6)52(59,65-48)49(56)50(57)54-24-15-14-18-41(54)51(58)64-47(35(4)19-21-42(40)55)36(5)29-39-20-22-43(44(31-39)60-7)63-25-23-53-32-38-16-12-11-13-17-38/h11-13,16-17,27,29,34-35,37,39-41,43-48,53,59H,10,14-15,18-26,28,30-32H2,1-9H3/b33-27+,36-29?. The van der Waals surface area contributed by atoms with E-state index in [0.717, 1.165) is 43.5 Å². The van der Waals surface area contributed by atoms with Crippen molar-refractivity contribution in [2.75, 3.05) is 41.0 Å². The van der Waals surface area contributed by atoms with Gasteiger partial charge >= 0.3 is 5.97 Å². The number of ketones is 2. The van der Waals surface area contributed by atoms with Crippen molar-refractivity contribution in [3.63, 3.8) is 0 Å². The molecule has 3 heterocycles. The van der Waals surface area contributed by atoms with E-state index in [0.29, 0.717) is 58.0 Å². The third-order valence-corrected chi connectivity index (χ3v) is 14.5. The summed E-state index contributed by atoms with van der Waals surface area (Å²) in [6.07, 6.45) is 8.37. The summed E-state index contributed by atoms with van der Waals surface area (Å²) in [5.41, 5.74) is 3.18. The van der Waals surface area contributed by atoms with Gasteiger partial charge in [-0.15, -0.1) is 0 Å². The highest BCUT2D eigenvalue weighted by atomic mass is 16.7. The van der Waals surface area contributed by atoms with Gasteiger partial charge in [0.05, 0.1) is 31.0 Å². The molecule has 2 N–H and O–H groups in total. The molecule has 5 rings (SSSR count). The van der Waals surface area contributed by atoms with Crippen molar-refractivity contribution in [1.29, 1.82) is 0 Å². The van der Waals surface area contributed by atoms with Crippen LogP contribution in [0.25, 0.3) is 0 Å². The van der Waals surface area contributed by atoms with Crippen molar-refractivity contribution in [1.82, 2.24) is 10.2 Å². The number of Topliss-reactive ketones (excluding diaryl/α,β-unsaturated/α-hetero) is 2. The SMILES string of the molecule is CCC1/C=C(\C)CC(C)CC(OC)C2OC(O)(C(=O)C(=O)N3CCCCC3C(=O)OC(C(C)=CC3CCC(OCCNCc4ccccc4)C(OC)C3)C(C)CCC1=O)C(C)CC2OC. The Labute approximate surface area is 388 Å². The molecule has 364 valence electrons. The number of piperidine rings is 1. The average molecular weight is 909 g/mol. The van der Waals surface area contributed by atoms with Crippen molar-refractivity contribution in [2.45, 2.75) is 174 Å². The molecule has 13 nitrogen and oxygen atoms in total. The zero-order valence-electron chi connectivity index (χ0n) is 40.8. The second-order valence-corrected chi connectivity index (χ2v) is 19.5. The van der Waals surface area contributed by atoms with Crippen LogP contribution in [0.2, 0.25) is 0 Å². The number of benzene rings is 1. The van der Waals surface area contributed by atoms with Crippen molar-refractivity contribution < 1.29 is 52.7 Å². The minimum Gasteiger partial charge on any atom is -0.456 e. The molecule has 2 saturated heterocycles. The fourth-order valence-corrected chi connectivity index (χ4v) is 10.7. The number of hydrogen-bond acceptors (Lipinski definition) is 12. The molecule has 4 aliphatic rings. The predicted molar refractivity (Wildman–Crippen MR) is 249 cm³/mol. The van der Waals surface area contributed by atoms with Gasteiger partial charge in [0.2, 0.25) is 5.79 Å². The summed E-state index contributed by atoms with van der Waals surface area (Å²) in [5, 5.41) is 15.6. The fourth-order valence-electron chi connectivity index (χ4n) is 10.7. The Balaban J connectivity index is 1.39. The lowest BCUT2D eigenvalue weighted by Crippen LogP contribution is -2.64. The second-order valence-electron chi connectivity index (χ2n) is 19.5. The van der Waals surface area contributed by atoms with Crippen LogP contribution in [-0.4, -0.2) is 123 Å². The van der Waals surface area contributed by atoms with Gasteiger partial charge in [0, 0.05) is 59.2 Å². The maximum absolute atomic E-state index is 14.5. The van der Waals surface area contributed by atoms with Crippen molar-refractivity contribution in [3.05, 3.63) is 59.2 Å². The van der Waals surface area contributed by atoms with E-state index in [1.165, 1.54) is 10.5 Å². The second kappa shape index (κ2) is 25.2. The van der Waals surface area contributed by atoms with E-state index in [-0.39, 0.29) is 54.6 Å². The Hall–Kier alpha value is -3.30. The number of allylic oxidation sites excluding steroid dienone is 3. The molecule has 0 radical (unpaired) electrons. The minimum atomic E-state index is -2.47. The first-order valence-electron chi connectivity index (χ1n) is 24.4. The highest BCUT2D eigenvalue weighted by molar-refractivity contribution is 6.39. The molecule has 1 aromatic carbocycles. The largest absolute Gasteiger partial charge is 0.456 e. The summed E-state index contributed by atoms with van der Waals surface area (Å²) in [4.78, 5) is 58.4. The summed E-state index contributed by atoms with van der Waals surface area (Å²) in [6, 6.07) is 9.23. The topological polar surface area (TPSA) is 159 Å². The molecule has 0 aromatic heterocycles. The van der Waals surface area contributed by atoms with Crippen LogP contribution in [0.15, 0.2) is 53.6 Å². The van der Waals surface area contributed by atoms with E-state index in [4.69, 9.17) is 28.4 Å². The van der Waals surface area contributed by atoms with Gasteiger partial charge in [0.15, 0.2) is 0 Å². The summed E-state index contributed by atoms with van der Waals surface area (Å²) < 4.78 is 36.9. The van der Waals surface area contributed by atoms with Gasteiger partial charge in [-0.1, -0.05) is 75.8 Å². The van der Waals surface area contributed by atoms with Crippen molar-refractivity contribution in [3.8, 4) is 0 Å². The molecule has 1 aliphatic carbocycles. The number of carbonyl (C=O) groups excluding carboxylic acids is 4.